The number of nitrogens with one attached hydrogen (secondary N) is 2. The van der Waals surface area contributed by atoms with E-state index in [1.54, 1.807) is 70.2 Å². The predicted molar refractivity (Wildman–Crippen MR) is 136 cm³/mol. The van der Waals surface area contributed by atoms with Crippen LogP contribution in [-0.2, 0) is 25.5 Å². The van der Waals surface area contributed by atoms with Gasteiger partial charge in [-0.1, -0.05) is 24.3 Å². The minimum atomic E-state index is -0.847. The highest BCUT2D eigenvalue weighted by Gasteiger charge is 2.30. The lowest BCUT2D eigenvalue weighted by Gasteiger charge is -2.24. The summed E-state index contributed by atoms with van der Waals surface area (Å²) in [7, 11) is 0. The average molecular weight is 505 g/mol. The fourth-order valence-corrected chi connectivity index (χ4v) is 4.34. The van der Waals surface area contributed by atoms with Gasteiger partial charge in [-0.15, -0.1) is 0 Å². The highest BCUT2D eigenvalue weighted by atomic mass is 16.6. The van der Waals surface area contributed by atoms with Crippen molar-refractivity contribution in [3.05, 3.63) is 69.8 Å². The molecule has 0 aliphatic carbocycles. The van der Waals surface area contributed by atoms with E-state index in [-0.39, 0.29) is 41.9 Å². The molecule has 10 nitrogen and oxygen atoms in total. The molecule has 4 rings (SSSR count). The van der Waals surface area contributed by atoms with Crippen LogP contribution in [0.5, 0.6) is 0 Å². The second kappa shape index (κ2) is 9.96. The van der Waals surface area contributed by atoms with Gasteiger partial charge in [0.2, 0.25) is 11.8 Å². The minimum absolute atomic E-state index is 0.0789. The van der Waals surface area contributed by atoms with Crippen LogP contribution < -0.4 is 16.2 Å². The maximum atomic E-state index is 13.4. The Kier molecular flexibility index (Phi) is 6.93. The van der Waals surface area contributed by atoms with Gasteiger partial charge in [0, 0.05) is 12.0 Å². The maximum Gasteiger partial charge on any atom is 0.310 e. The van der Waals surface area contributed by atoms with Crippen molar-refractivity contribution in [3.8, 4) is 0 Å². The zero-order chi connectivity index (χ0) is 26.9. The standard InChI is InChI=1S/C27H28N4O6/c1-15-28-23-18(26(36)31(15)20-12-13-21(32)30-25(20)35)10-7-11-19(23)29-24(34)17-9-6-5-8-16(17)14-22(33)37-27(2,3)4/h5-11,20H,12-14H2,1-4H3,(H,29,34)(H,30,32,35). The van der Waals surface area contributed by atoms with Gasteiger partial charge in [-0.05, 0) is 57.9 Å². The number of anilines is 1. The Balaban J connectivity index is 1.66. The van der Waals surface area contributed by atoms with Gasteiger partial charge < -0.3 is 10.1 Å². The Morgan fingerprint density at radius 2 is 1.84 bits per heavy atom. The highest BCUT2D eigenvalue weighted by molar-refractivity contribution is 6.09. The fraction of sp³-hybridized carbons (Fsp3) is 0.333. The van der Waals surface area contributed by atoms with Crippen molar-refractivity contribution in [1.29, 1.82) is 0 Å². The average Bonchev–Trinajstić information content (AvgIpc) is 2.80. The molecule has 1 fully saturated rings. The van der Waals surface area contributed by atoms with Gasteiger partial charge in [0.25, 0.3) is 11.5 Å². The molecule has 1 aliphatic heterocycles. The number of imide groups is 1. The molecule has 2 heterocycles. The van der Waals surface area contributed by atoms with Crippen molar-refractivity contribution < 1.29 is 23.9 Å². The summed E-state index contributed by atoms with van der Waals surface area (Å²) in [5, 5.41) is 5.28. The molecule has 37 heavy (non-hydrogen) atoms. The lowest BCUT2D eigenvalue weighted by molar-refractivity contribution is -0.154. The first-order valence-corrected chi connectivity index (χ1v) is 11.9. The molecule has 0 saturated carbocycles. The Morgan fingerprint density at radius 1 is 1.11 bits per heavy atom. The van der Waals surface area contributed by atoms with Crippen LogP contribution in [0.3, 0.4) is 0 Å². The van der Waals surface area contributed by atoms with Gasteiger partial charge in [0.1, 0.15) is 23.0 Å². The number of hydrogen-bond donors (Lipinski definition) is 2. The molecule has 0 bridgehead atoms. The number of carbonyl (C=O) groups is 4. The summed E-state index contributed by atoms with van der Waals surface area (Å²) in [5.74, 6) is -1.57. The van der Waals surface area contributed by atoms with E-state index in [9.17, 15) is 24.0 Å². The number of aryl methyl sites for hydroxylation is 1. The largest absolute Gasteiger partial charge is 0.460 e. The first-order chi connectivity index (χ1) is 17.4. The Bertz CT molecular complexity index is 1480. The maximum absolute atomic E-state index is 13.4. The van der Waals surface area contributed by atoms with E-state index in [4.69, 9.17) is 4.74 Å². The summed E-state index contributed by atoms with van der Waals surface area (Å²) in [5.41, 5.74) is 0.273. The molecule has 10 heteroatoms. The summed E-state index contributed by atoms with van der Waals surface area (Å²) < 4.78 is 6.67. The monoisotopic (exact) mass is 504 g/mol. The van der Waals surface area contributed by atoms with Gasteiger partial charge >= 0.3 is 5.97 Å². The topological polar surface area (TPSA) is 136 Å². The number of amides is 3. The lowest BCUT2D eigenvalue weighted by atomic mass is 10.0. The van der Waals surface area contributed by atoms with Gasteiger partial charge in [-0.3, -0.25) is 33.9 Å². The minimum Gasteiger partial charge on any atom is -0.460 e. The number of nitrogens with zero attached hydrogens (tertiary/aromatic N) is 2. The number of hydrogen-bond acceptors (Lipinski definition) is 7. The number of benzene rings is 2. The highest BCUT2D eigenvalue weighted by Crippen LogP contribution is 2.24. The zero-order valence-electron chi connectivity index (χ0n) is 21.1. The lowest BCUT2D eigenvalue weighted by Crippen LogP contribution is -2.45. The van der Waals surface area contributed by atoms with Crippen molar-refractivity contribution in [2.45, 2.75) is 58.6 Å². The van der Waals surface area contributed by atoms with Gasteiger partial charge in [0.05, 0.1) is 17.5 Å². The number of piperidine rings is 1. The second-order valence-corrected chi connectivity index (χ2v) is 9.88. The van der Waals surface area contributed by atoms with Crippen molar-refractivity contribution in [3.63, 3.8) is 0 Å². The van der Waals surface area contributed by atoms with Crippen LogP contribution in [0.2, 0.25) is 0 Å². The summed E-state index contributed by atoms with van der Waals surface area (Å²) in [6.45, 7) is 6.91. The van der Waals surface area contributed by atoms with Crippen LogP contribution in [0.4, 0.5) is 5.69 Å². The van der Waals surface area contributed by atoms with Crippen LogP contribution in [0.15, 0.2) is 47.3 Å². The van der Waals surface area contributed by atoms with Gasteiger partial charge in [0.15, 0.2) is 0 Å². The molecule has 1 saturated heterocycles. The smallest absolute Gasteiger partial charge is 0.310 e. The van der Waals surface area contributed by atoms with E-state index in [0.717, 1.165) is 0 Å². The van der Waals surface area contributed by atoms with Crippen LogP contribution in [0.25, 0.3) is 10.9 Å². The summed E-state index contributed by atoms with van der Waals surface area (Å²) in [4.78, 5) is 67.4. The SMILES string of the molecule is Cc1nc2c(NC(=O)c3ccccc3CC(=O)OC(C)(C)C)cccc2c(=O)n1C1CCC(=O)NC1=O. The van der Waals surface area contributed by atoms with E-state index in [0.29, 0.717) is 16.8 Å². The molecular weight excluding hydrogens is 476 g/mol. The number of rotatable bonds is 5. The van der Waals surface area contributed by atoms with Crippen LogP contribution in [-0.4, -0.2) is 38.8 Å². The van der Waals surface area contributed by atoms with Crippen molar-refractivity contribution in [1.82, 2.24) is 14.9 Å². The molecule has 2 N–H and O–H groups in total. The van der Waals surface area contributed by atoms with E-state index < -0.39 is 35.0 Å². The molecule has 1 aliphatic rings. The Morgan fingerprint density at radius 3 is 2.54 bits per heavy atom. The van der Waals surface area contributed by atoms with Crippen LogP contribution in [0, 0.1) is 6.92 Å². The molecular formula is C27H28N4O6. The zero-order valence-corrected chi connectivity index (χ0v) is 21.1. The van der Waals surface area contributed by atoms with Crippen molar-refractivity contribution in [2.24, 2.45) is 0 Å². The number of esters is 1. The molecule has 0 spiro atoms. The van der Waals surface area contributed by atoms with Crippen LogP contribution in [0.1, 0.15) is 61.4 Å². The van der Waals surface area contributed by atoms with Crippen molar-refractivity contribution >= 4 is 40.3 Å². The van der Waals surface area contributed by atoms with E-state index in [1.165, 1.54) is 4.57 Å². The Hall–Kier alpha value is -4.34. The number of para-hydroxylation sites is 1. The quantitative estimate of drug-likeness (QED) is 0.403. The summed E-state index contributed by atoms with van der Waals surface area (Å²) in [6.07, 6.45) is 0.243. The third kappa shape index (κ3) is 5.58. The number of fused-ring (bicyclic) bond motifs is 1. The number of aromatic nitrogens is 2. The molecule has 192 valence electrons. The first-order valence-electron chi connectivity index (χ1n) is 11.9. The second-order valence-electron chi connectivity index (χ2n) is 9.88. The van der Waals surface area contributed by atoms with E-state index >= 15 is 0 Å². The van der Waals surface area contributed by atoms with Crippen molar-refractivity contribution in [2.75, 3.05) is 5.32 Å². The fourth-order valence-electron chi connectivity index (χ4n) is 4.34. The van der Waals surface area contributed by atoms with Gasteiger partial charge in [-0.25, -0.2) is 4.98 Å². The number of ether oxygens (including phenoxy) is 1. The molecule has 0 radical (unpaired) electrons. The third-order valence-corrected chi connectivity index (χ3v) is 5.89. The molecule has 1 atom stereocenters. The molecule has 3 amide bonds. The van der Waals surface area contributed by atoms with Crippen LogP contribution >= 0.6 is 0 Å². The van der Waals surface area contributed by atoms with Gasteiger partial charge in [-0.2, -0.15) is 0 Å². The molecule has 3 aromatic rings. The molecule has 1 unspecified atom stereocenters. The normalized spacial score (nSPS) is 15.8. The Labute approximate surface area is 213 Å². The van der Waals surface area contributed by atoms with E-state index in [2.05, 4.69) is 15.6 Å². The third-order valence-electron chi connectivity index (χ3n) is 5.89. The number of carbonyl (C=O) groups excluding carboxylic acids is 4. The molecule has 1 aromatic heterocycles. The molecule has 2 aromatic carbocycles. The summed E-state index contributed by atoms with van der Waals surface area (Å²) >= 11 is 0. The van der Waals surface area contributed by atoms with E-state index in [1.807, 2.05) is 0 Å². The summed E-state index contributed by atoms with van der Waals surface area (Å²) in [6, 6.07) is 10.7. The predicted octanol–water partition coefficient (Wildman–Crippen LogP) is 2.82. The first kappa shape index (κ1) is 25.7.